The van der Waals surface area contributed by atoms with E-state index in [2.05, 4.69) is 17.2 Å². The monoisotopic (exact) mass is 288 g/mol. The van der Waals surface area contributed by atoms with Crippen molar-refractivity contribution in [2.75, 3.05) is 5.32 Å². The lowest BCUT2D eigenvalue weighted by Crippen LogP contribution is -2.29. The summed E-state index contributed by atoms with van der Waals surface area (Å²) in [7, 11) is 0. The fourth-order valence-corrected chi connectivity index (χ4v) is 2.76. The second-order valence-electron chi connectivity index (χ2n) is 5.18. The highest BCUT2D eigenvalue weighted by atomic mass is 35.5. The number of hydrogen-bond acceptors (Lipinski definition) is 3. The number of nitrogens with one attached hydrogen (secondary N) is 1. The maximum absolute atomic E-state index is 11.0. The summed E-state index contributed by atoms with van der Waals surface area (Å²) >= 11 is 6.04. The first-order valence-electron chi connectivity index (χ1n) is 6.24. The second kappa shape index (κ2) is 4.49. The average Bonchev–Trinajstić information content (AvgIpc) is 2.75. The Labute approximate surface area is 121 Å². The number of fused-ring (bicyclic) bond motifs is 1. The van der Waals surface area contributed by atoms with Gasteiger partial charge in [0.25, 0.3) is 0 Å². The molecule has 5 heteroatoms. The van der Waals surface area contributed by atoms with Gasteiger partial charge in [-0.05, 0) is 36.2 Å². The van der Waals surface area contributed by atoms with Gasteiger partial charge in [0.05, 0.1) is 11.1 Å². The molecule has 0 fully saturated rings. The Hall–Kier alpha value is -2.07. The summed E-state index contributed by atoms with van der Waals surface area (Å²) in [5.41, 5.74) is 1.85. The highest BCUT2D eigenvalue weighted by Crippen LogP contribution is 2.38. The van der Waals surface area contributed by atoms with Crippen LogP contribution in [-0.4, -0.2) is 16.1 Å². The molecular formula is C15H13ClN2O2. The topological polar surface area (TPSA) is 62.2 Å². The van der Waals surface area contributed by atoms with Gasteiger partial charge in [-0.1, -0.05) is 23.7 Å². The fraction of sp³-hybridized carbons (Fsp3) is 0.200. The van der Waals surface area contributed by atoms with Crippen LogP contribution < -0.4 is 5.32 Å². The Kier molecular flexibility index (Phi) is 2.91. The van der Waals surface area contributed by atoms with Gasteiger partial charge < -0.3 is 10.4 Å². The van der Waals surface area contributed by atoms with Crippen molar-refractivity contribution in [3.05, 3.63) is 58.2 Å². The van der Waals surface area contributed by atoms with Gasteiger partial charge in [0.15, 0.2) is 0 Å². The molecule has 102 valence electrons. The van der Waals surface area contributed by atoms with Crippen molar-refractivity contribution in [1.82, 2.24) is 4.98 Å². The number of hydrogen-bond donors (Lipinski definition) is 2. The van der Waals surface area contributed by atoms with E-state index in [0.29, 0.717) is 11.4 Å². The lowest BCUT2D eigenvalue weighted by Gasteiger charge is -2.25. The number of halogens is 1. The van der Waals surface area contributed by atoms with Crippen molar-refractivity contribution in [1.29, 1.82) is 0 Å². The van der Waals surface area contributed by atoms with E-state index in [-0.39, 0.29) is 11.1 Å². The molecule has 0 radical (unpaired) electrons. The smallest absolute Gasteiger partial charge is 0.337 e. The van der Waals surface area contributed by atoms with Crippen LogP contribution in [0, 0.1) is 0 Å². The largest absolute Gasteiger partial charge is 0.478 e. The number of rotatable bonds is 2. The summed E-state index contributed by atoms with van der Waals surface area (Å²) in [5.74, 6) is -0.228. The first-order valence-corrected chi connectivity index (χ1v) is 6.62. The van der Waals surface area contributed by atoms with Crippen LogP contribution in [-0.2, 0) is 12.0 Å². The molecule has 3 rings (SSSR count). The van der Waals surface area contributed by atoms with E-state index in [1.807, 2.05) is 24.3 Å². The third-order valence-electron chi connectivity index (χ3n) is 3.61. The van der Waals surface area contributed by atoms with Crippen molar-refractivity contribution >= 4 is 23.4 Å². The van der Waals surface area contributed by atoms with E-state index in [1.165, 1.54) is 6.20 Å². The number of anilines is 1. The summed E-state index contributed by atoms with van der Waals surface area (Å²) in [6, 6.07) is 9.33. The van der Waals surface area contributed by atoms with E-state index in [0.717, 1.165) is 16.9 Å². The van der Waals surface area contributed by atoms with Crippen LogP contribution in [0.25, 0.3) is 0 Å². The number of aromatic carboxylic acids is 1. The minimum atomic E-state index is -0.961. The molecule has 1 aromatic heterocycles. The first kappa shape index (κ1) is 12.9. The van der Waals surface area contributed by atoms with Crippen LogP contribution in [0.4, 0.5) is 5.82 Å². The van der Waals surface area contributed by atoms with Crippen LogP contribution in [0.5, 0.6) is 0 Å². The molecule has 0 aliphatic carbocycles. The summed E-state index contributed by atoms with van der Waals surface area (Å²) in [6.07, 6.45) is 2.05. The molecular weight excluding hydrogens is 276 g/mol. The summed E-state index contributed by atoms with van der Waals surface area (Å²) in [4.78, 5) is 15.2. The van der Waals surface area contributed by atoms with Crippen LogP contribution in [0.1, 0.15) is 28.4 Å². The quantitative estimate of drug-likeness (QED) is 0.890. The molecule has 2 N–H and O–H groups in total. The molecule has 1 aliphatic rings. The molecule has 2 aromatic rings. The predicted molar refractivity (Wildman–Crippen MR) is 77.3 cm³/mol. The number of aromatic nitrogens is 1. The lowest BCUT2D eigenvalue weighted by molar-refractivity contribution is 0.0696. The molecule has 0 spiro atoms. The van der Waals surface area contributed by atoms with E-state index in [9.17, 15) is 4.79 Å². The zero-order valence-corrected chi connectivity index (χ0v) is 11.6. The van der Waals surface area contributed by atoms with Crippen molar-refractivity contribution < 1.29 is 9.90 Å². The van der Waals surface area contributed by atoms with Crippen molar-refractivity contribution in [2.45, 2.75) is 18.9 Å². The van der Waals surface area contributed by atoms with Gasteiger partial charge >= 0.3 is 5.97 Å². The van der Waals surface area contributed by atoms with Gasteiger partial charge in [-0.25, -0.2) is 9.78 Å². The standard InChI is InChI=1S/C15H13ClN2O2/c1-15(11-3-2-4-12(16)6-11)7-9-5-10(14(19)20)8-17-13(9)18-15/h2-6,8H,7H2,1H3,(H,17,18)(H,19,20)/t15-/m1/s1. The molecule has 20 heavy (non-hydrogen) atoms. The Bertz CT molecular complexity index is 702. The van der Waals surface area contributed by atoms with Gasteiger partial charge in [0.1, 0.15) is 5.82 Å². The van der Waals surface area contributed by atoms with Crippen LogP contribution in [0.3, 0.4) is 0 Å². The van der Waals surface area contributed by atoms with Gasteiger partial charge in [0, 0.05) is 17.6 Å². The van der Waals surface area contributed by atoms with Gasteiger partial charge in [0.2, 0.25) is 0 Å². The fourth-order valence-electron chi connectivity index (χ4n) is 2.57. The second-order valence-corrected chi connectivity index (χ2v) is 5.62. The van der Waals surface area contributed by atoms with Crippen LogP contribution in [0.15, 0.2) is 36.5 Å². The van der Waals surface area contributed by atoms with Crippen molar-refractivity contribution in [2.24, 2.45) is 0 Å². The summed E-state index contributed by atoms with van der Waals surface area (Å²) < 4.78 is 0. The molecule has 2 heterocycles. The maximum atomic E-state index is 11.0. The molecule has 1 aromatic carbocycles. The highest BCUT2D eigenvalue weighted by molar-refractivity contribution is 6.30. The first-order chi connectivity index (χ1) is 9.48. The zero-order chi connectivity index (χ0) is 14.3. The molecule has 1 aliphatic heterocycles. The number of nitrogens with zero attached hydrogens (tertiary/aromatic N) is 1. The van der Waals surface area contributed by atoms with E-state index >= 15 is 0 Å². The molecule has 4 nitrogen and oxygen atoms in total. The van der Waals surface area contributed by atoms with E-state index in [1.54, 1.807) is 6.07 Å². The lowest BCUT2D eigenvalue weighted by atomic mass is 9.89. The minimum Gasteiger partial charge on any atom is -0.478 e. The van der Waals surface area contributed by atoms with Crippen LogP contribution in [0.2, 0.25) is 5.02 Å². The number of carboxylic acid groups (broad SMARTS) is 1. The summed E-state index contributed by atoms with van der Waals surface area (Å²) in [6.45, 7) is 2.06. The number of carbonyl (C=O) groups is 1. The summed E-state index contributed by atoms with van der Waals surface area (Å²) in [5, 5.41) is 13.1. The van der Waals surface area contributed by atoms with E-state index < -0.39 is 5.97 Å². The molecule has 0 bridgehead atoms. The number of benzene rings is 1. The number of carboxylic acids is 1. The van der Waals surface area contributed by atoms with Gasteiger partial charge in [-0.15, -0.1) is 0 Å². The molecule has 0 amide bonds. The molecule has 0 saturated carbocycles. The normalized spacial score (nSPS) is 20.3. The Morgan fingerprint density at radius 3 is 2.95 bits per heavy atom. The highest BCUT2D eigenvalue weighted by Gasteiger charge is 2.35. The molecule has 0 saturated heterocycles. The predicted octanol–water partition coefficient (Wildman–Crippen LogP) is 3.32. The average molecular weight is 289 g/mol. The maximum Gasteiger partial charge on any atom is 0.337 e. The Morgan fingerprint density at radius 1 is 1.45 bits per heavy atom. The third-order valence-corrected chi connectivity index (χ3v) is 3.85. The van der Waals surface area contributed by atoms with Gasteiger partial charge in [-0.3, -0.25) is 0 Å². The zero-order valence-electron chi connectivity index (χ0n) is 10.9. The number of pyridine rings is 1. The Balaban J connectivity index is 1.98. The van der Waals surface area contributed by atoms with Crippen molar-refractivity contribution in [3.8, 4) is 0 Å². The van der Waals surface area contributed by atoms with Crippen molar-refractivity contribution in [3.63, 3.8) is 0 Å². The molecule has 0 unspecified atom stereocenters. The third kappa shape index (κ3) is 2.12. The molecule has 1 atom stereocenters. The Morgan fingerprint density at radius 2 is 2.25 bits per heavy atom. The van der Waals surface area contributed by atoms with E-state index in [4.69, 9.17) is 16.7 Å². The minimum absolute atomic E-state index is 0.209. The van der Waals surface area contributed by atoms with Crippen LogP contribution >= 0.6 is 11.6 Å². The van der Waals surface area contributed by atoms with Gasteiger partial charge in [-0.2, -0.15) is 0 Å². The SMILES string of the molecule is C[C@]1(c2cccc(Cl)c2)Cc2cc(C(=O)O)cnc2N1.